The van der Waals surface area contributed by atoms with E-state index in [1.54, 1.807) is 0 Å². The van der Waals surface area contributed by atoms with E-state index in [0.717, 1.165) is 45.7 Å². The van der Waals surface area contributed by atoms with E-state index in [4.69, 9.17) is 9.72 Å². The highest BCUT2D eigenvalue weighted by atomic mass is 79.9. The zero-order valence-corrected chi connectivity index (χ0v) is 25.1. The highest BCUT2D eigenvalue weighted by molar-refractivity contribution is 9.10. The number of rotatable bonds is 8. The summed E-state index contributed by atoms with van der Waals surface area (Å²) in [6, 6.07) is 15.0. The number of piperidine rings is 1. The Hall–Kier alpha value is -2.98. The van der Waals surface area contributed by atoms with Crippen molar-refractivity contribution in [2.45, 2.75) is 38.3 Å². The summed E-state index contributed by atoms with van der Waals surface area (Å²) >= 11 is 6.87. The minimum atomic E-state index is -0.675. The van der Waals surface area contributed by atoms with Gasteiger partial charge in [-0.1, -0.05) is 78.3 Å². The van der Waals surface area contributed by atoms with Crippen LogP contribution >= 0.6 is 31.9 Å². The highest BCUT2D eigenvalue weighted by Crippen LogP contribution is 2.62. The van der Waals surface area contributed by atoms with Crippen molar-refractivity contribution < 1.29 is 19.1 Å². The number of methoxy groups -OCH3 is 1. The van der Waals surface area contributed by atoms with E-state index in [-0.39, 0.29) is 17.6 Å². The van der Waals surface area contributed by atoms with Crippen LogP contribution in [0.4, 0.5) is 4.79 Å². The van der Waals surface area contributed by atoms with Crippen LogP contribution in [0.2, 0.25) is 0 Å². The quantitative estimate of drug-likeness (QED) is 0.232. The van der Waals surface area contributed by atoms with Crippen molar-refractivity contribution in [3.05, 3.63) is 64.5 Å². The van der Waals surface area contributed by atoms with Gasteiger partial charge in [-0.2, -0.15) is 0 Å². The number of benzene rings is 2. The molecule has 2 N–H and O–H groups in total. The number of Topliss-reactive ketones (excluding diaryl/α,β-unsaturated/α-hetero) is 1. The molecule has 5 rings (SSSR count). The lowest BCUT2D eigenvalue weighted by Gasteiger charge is -2.32. The first-order chi connectivity index (χ1) is 18.7. The number of ether oxygens (including phenoxy) is 1. The van der Waals surface area contributed by atoms with Gasteiger partial charge in [0.15, 0.2) is 5.78 Å². The second-order valence-electron chi connectivity index (χ2n) is 10.4. The summed E-state index contributed by atoms with van der Waals surface area (Å²) in [4.78, 5) is 47.7. The second kappa shape index (κ2) is 10.9. The minimum Gasteiger partial charge on any atom is -0.453 e. The maximum atomic E-state index is 13.6. The Labute approximate surface area is 244 Å². The Bertz CT molecular complexity index is 1400. The number of hydrogen-bond donors (Lipinski definition) is 2. The maximum absolute atomic E-state index is 13.6. The van der Waals surface area contributed by atoms with Crippen molar-refractivity contribution >= 4 is 49.6 Å². The predicted octanol–water partition coefficient (Wildman–Crippen LogP) is 5.91. The molecule has 3 aromatic rings. The average Bonchev–Trinajstić information content (AvgIpc) is 3.35. The smallest absolute Gasteiger partial charge is 0.407 e. The van der Waals surface area contributed by atoms with Gasteiger partial charge in [0.05, 0.1) is 12.4 Å². The third-order valence-corrected chi connectivity index (χ3v) is 8.89. The molecule has 2 fully saturated rings. The number of alkyl halides is 1. The average molecular weight is 658 g/mol. The summed E-state index contributed by atoms with van der Waals surface area (Å²) in [5.41, 5.74) is 3.97. The zero-order valence-electron chi connectivity index (χ0n) is 22.0. The minimum absolute atomic E-state index is 0.0513. The van der Waals surface area contributed by atoms with Crippen molar-refractivity contribution in [1.29, 1.82) is 0 Å². The van der Waals surface area contributed by atoms with E-state index < -0.39 is 17.7 Å². The SMILES string of the molecule is COC(=O)N[C@H](C(=O)N1CCC2CC21c1nc(-c2ccc(-c3ccc(C(=O)CBr)cc3)cc2)c(Br)[nH]1)C(C)C. The fourth-order valence-electron chi connectivity index (χ4n) is 5.56. The molecule has 10 heteroatoms. The van der Waals surface area contributed by atoms with Crippen molar-refractivity contribution in [2.75, 3.05) is 19.0 Å². The number of fused-ring (bicyclic) bond motifs is 1. The third kappa shape index (κ3) is 5.04. The summed E-state index contributed by atoms with van der Waals surface area (Å²) in [6.45, 7) is 4.44. The number of aromatic amines is 1. The molecule has 1 aromatic heterocycles. The Balaban J connectivity index is 1.38. The summed E-state index contributed by atoms with van der Waals surface area (Å²) in [6.07, 6.45) is 1.13. The summed E-state index contributed by atoms with van der Waals surface area (Å²) in [5, 5.41) is 3.02. The predicted molar refractivity (Wildman–Crippen MR) is 156 cm³/mol. The molecule has 1 aliphatic heterocycles. The molecule has 2 amide bonds. The number of hydrogen-bond acceptors (Lipinski definition) is 5. The molecular formula is C29H30Br2N4O4. The molecule has 2 heterocycles. The molecule has 0 radical (unpaired) electrons. The molecule has 2 aromatic carbocycles. The molecule has 1 saturated carbocycles. The van der Waals surface area contributed by atoms with Gasteiger partial charge < -0.3 is 19.9 Å². The largest absolute Gasteiger partial charge is 0.453 e. The summed E-state index contributed by atoms with van der Waals surface area (Å²) in [7, 11) is 1.30. The number of likely N-dealkylation sites (tertiary alicyclic amines) is 1. The molecule has 2 aliphatic rings. The molecular weight excluding hydrogens is 628 g/mol. The fourth-order valence-corrected chi connectivity index (χ4v) is 6.39. The monoisotopic (exact) mass is 656 g/mol. The van der Waals surface area contributed by atoms with Gasteiger partial charge in [0, 0.05) is 17.7 Å². The van der Waals surface area contributed by atoms with E-state index in [9.17, 15) is 14.4 Å². The molecule has 2 unspecified atom stereocenters. The number of carbonyl (C=O) groups excluding carboxylic acids is 3. The van der Waals surface area contributed by atoms with Gasteiger partial charge in [-0.25, -0.2) is 9.78 Å². The van der Waals surface area contributed by atoms with Gasteiger partial charge in [0.2, 0.25) is 5.91 Å². The maximum Gasteiger partial charge on any atom is 0.407 e. The second-order valence-corrected chi connectivity index (χ2v) is 11.8. The van der Waals surface area contributed by atoms with E-state index >= 15 is 0 Å². The van der Waals surface area contributed by atoms with Gasteiger partial charge in [-0.05, 0) is 51.7 Å². The van der Waals surface area contributed by atoms with Crippen LogP contribution in [0, 0.1) is 11.8 Å². The van der Waals surface area contributed by atoms with Crippen molar-refractivity contribution in [3.8, 4) is 22.4 Å². The van der Waals surface area contributed by atoms with Gasteiger partial charge in [-0.15, -0.1) is 0 Å². The van der Waals surface area contributed by atoms with Crippen LogP contribution in [-0.4, -0.2) is 57.7 Å². The number of H-pyrrole nitrogens is 1. The van der Waals surface area contributed by atoms with E-state index in [0.29, 0.717) is 23.4 Å². The lowest BCUT2D eigenvalue weighted by atomic mass is 10.0. The first kappa shape index (κ1) is 27.6. The number of carbonyl (C=O) groups is 3. The normalized spacial score (nSPS) is 20.5. The third-order valence-electron chi connectivity index (χ3n) is 7.80. The van der Waals surface area contributed by atoms with Gasteiger partial charge in [-0.3, -0.25) is 9.59 Å². The number of halogens is 2. The molecule has 3 atom stereocenters. The number of ketones is 1. The molecule has 39 heavy (non-hydrogen) atoms. The molecule has 204 valence electrons. The topological polar surface area (TPSA) is 104 Å². The number of aromatic nitrogens is 2. The van der Waals surface area contributed by atoms with Crippen molar-refractivity contribution in [2.24, 2.45) is 11.8 Å². The fraction of sp³-hybridized carbons (Fsp3) is 0.379. The van der Waals surface area contributed by atoms with Crippen LogP contribution in [0.15, 0.2) is 53.1 Å². The number of nitrogens with one attached hydrogen (secondary N) is 2. The Morgan fingerprint density at radius 3 is 2.28 bits per heavy atom. The standard InChI is InChI=1S/C29H30Br2N4O4/c1-16(2)23(33-28(38)39-3)26(37)35-13-12-21-14-29(21,35)27-32-24(25(31)34-27)20-10-6-18(7-11-20)17-4-8-19(9-5-17)22(36)15-30/h4-11,16,21,23H,12-15H2,1-3H3,(H,32,34)(H,33,38)/t21?,23-,29?/m0/s1. The van der Waals surface area contributed by atoms with Gasteiger partial charge >= 0.3 is 6.09 Å². The lowest BCUT2D eigenvalue weighted by Crippen LogP contribution is -2.53. The summed E-state index contributed by atoms with van der Waals surface area (Å²) < 4.78 is 5.51. The van der Waals surface area contributed by atoms with Crippen LogP contribution in [0.25, 0.3) is 22.4 Å². The van der Waals surface area contributed by atoms with E-state index in [1.165, 1.54) is 7.11 Å². The Kier molecular flexibility index (Phi) is 7.70. The molecule has 1 aliphatic carbocycles. The zero-order chi connectivity index (χ0) is 27.9. The van der Waals surface area contributed by atoms with Gasteiger partial charge in [0.25, 0.3) is 0 Å². The molecule has 8 nitrogen and oxygen atoms in total. The summed E-state index contributed by atoms with van der Waals surface area (Å²) in [5.74, 6) is 0.940. The Morgan fingerprint density at radius 1 is 1.10 bits per heavy atom. The molecule has 0 spiro atoms. The van der Waals surface area contributed by atoms with Crippen molar-refractivity contribution in [3.63, 3.8) is 0 Å². The number of nitrogens with zero attached hydrogens (tertiary/aromatic N) is 2. The number of imidazole rings is 1. The first-order valence-electron chi connectivity index (χ1n) is 12.9. The van der Waals surface area contributed by atoms with Crippen LogP contribution in [-0.2, 0) is 15.1 Å². The van der Waals surface area contributed by atoms with Gasteiger partial charge in [0.1, 0.15) is 27.7 Å². The van der Waals surface area contributed by atoms with E-state index in [2.05, 4.69) is 42.2 Å². The Morgan fingerprint density at radius 2 is 1.72 bits per heavy atom. The first-order valence-corrected chi connectivity index (χ1v) is 14.8. The van der Waals surface area contributed by atoms with Crippen LogP contribution in [0.5, 0.6) is 0 Å². The van der Waals surface area contributed by atoms with Crippen LogP contribution in [0.1, 0.15) is 42.9 Å². The lowest BCUT2D eigenvalue weighted by molar-refractivity contribution is -0.137. The molecule has 1 saturated heterocycles. The van der Waals surface area contributed by atoms with Crippen LogP contribution in [0.3, 0.4) is 0 Å². The van der Waals surface area contributed by atoms with Crippen LogP contribution < -0.4 is 5.32 Å². The van der Waals surface area contributed by atoms with Crippen molar-refractivity contribution in [1.82, 2.24) is 20.2 Å². The number of amides is 2. The highest BCUT2D eigenvalue weighted by Gasteiger charge is 2.67. The molecule has 0 bridgehead atoms. The number of alkyl carbamates (subject to hydrolysis) is 1. The van der Waals surface area contributed by atoms with E-state index in [1.807, 2.05) is 67.3 Å².